The van der Waals surface area contributed by atoms with E-state index in [0.29, 0.717) is 11.1 Å². The summed E-state index contributed by atoms with van der Waals surface area (Å²) < 4.78 is 0. The van der Waals surface area contributed by atoms with Crippen LogP contribution < -0.4 is 5.90 Å². The quantitative estimate of drug-likeness (QED) is 0.452. The molecule has 0 bridgehead atoms. The third kappa shape index (κ3) is 1.49. The van der Waals surface area contributed by atoms with Gasteiger partial charge in [0.05, 0.1) is 6.61 Å². The van der Waals surface area contributed by atoms with Crippen LogP contribution in [0.25, 0.3) is 0 Å². The van der Waals surface area contributed by atoms with Crippen LogP contribution in [0.5, 0.6) is 11.5 Å². The molecule has 12 heavy (non-hydrogen) atoms. The minimum atomic E-state index is -0.166. The summed E-state index contributed by atoms with van der Waals surface area (Å²) in [7, 11) is 0. The minimum Gasteiger partial charge on any atom is -0.504 e. The Hall–Kier alpha value is -1.26. The van der Waals surface area contributed by atoms with Crippen molar-refractivity contribution >= 4 is 0 Å². The van der Waals surface area contributed by atoms with E-state index in [2.05, 4.69) is 4.84 Å². The molecule has 0 saturated carbocycles. The van der Waals surface area contributed by atoms with Crippen molar-refractivity contribution in [2.24, 2.45) is 5.90 Å². The number of phenolic OH excluding ortho intramolecular Hbond substituents is 2. The van der Waals surface area contributed by atoms with Gasteiger partial charge in [-0.2, -0.15) is 0 Å². The number of aromatic hydroxyl groups is 2. The van der Waals surface area contributed by atoms with E-state index in [1.165, 1.54) is 0 Å². The van der Waals surface area contributed by atoms with Crippen molar-refractivity contribution in [3.63, 3.8) is 0 Å². The number of hydrogen-bond donors (Lipinski definition) is 3. The first-order valence-corrected chi connectivity index (χ1v) is 3.49. The monoisotopic (exact) mass is 169 g/mol. The van der Waals surface area contributed by atoms with Crippen LogP contribution in [0.3, 0.4) is 0 Å². The van der Waals surface area contributed by atoms with Gasteiger partial charge in [-0.15, -0.1) is 0 Å². The molecule has 0 spiro atoms. The Balaban J connectivity index is 3.08. The highest BCUT2D eigenvalue weighted by molar-refractivity contribution is 5.49. The maximum absolute atomic E-state index is 9.32. The van der Waals surface area contributed by atoms with Gasteiger partial charge in [-0.3, -0.25) is 4.84 Å². The molecule has 0 saturated heterocycles. The predicted octanol–water partition coefficient (Wildman–Crippen LogP) is 0.797. The van der Waals surface area contributed by atoms with Crippen molar-refractivity contribution in [3.8, 4) is 11.5 Å². The number of rotatable bonds is 2. The van der Waals surface area contributed by atoms with E-state index in [1.807, 2.05) is 0 Å². The molecule has 1 aromatic rings. The number of aryl methyl sites for hydroxylation is 1. The molecular formula is C8H11NO3. The zero-order valence-corrected chi connectivity index (χ0v) is 6.74. The fourth-order valence-electron chi connectivity index (χ4n) is 0.929. The lowest BCUT2D eigenvalue weighted by molar-refractivity contribution is 0.122. The number of nitrogens with two attached hydrogens (primary N) is 1. The zero-order valence-electron chi connectivity index (χ0n) is 6.74. The van der Waals surface area contributed by atoms with Gasteiger partial charge in [-0.25, -0.2) is 5.90 Å². The number of benzene rings is 1. The molecule has 0 radical (unpaired) electrons. The molecule has 4 N–H and O–H groups in total. The molecule has 1 rings (SSSR count). The van der Waals surface area contributed by atoms with E-state index in [9.17, 15) is 10.2 Å². The Morgan fingerprint density at radius 2 is 2.00 bits per heavy atom. The third-order valence-corrected chi connectivity index (χ3v) is 1.68. The average Bonchev–Trinajstić information content (AvgIpc) is 2.07. The highest BCUT2D eigenvalue weighted by Crippen LogP contribution is 2.32. The molecule has 0 fully saturated rings. The summed E-state index contributed by atoms with van der Waals surface area (Å²) in [5, 5.41) is 18.6. The predicted molar refractivity (Wildman–Crippen MR) is 43.5 cm³/mol. The normalized spacial score (nSPS) is 10.2. The van der Waals surface area contributed by atoms with E-state index in [4.69, 9.17) is 5.90 Å². The summed E-state index contributed by atoms with van der Waals surface area (Å²) in [6.07, 6.45) is 0. The van der Waals surface area contributed by atoms with Gasteiger partial charge in [0.25, 0.3) is 0 Å². The summed E-state index contributed by atoms with van der Waals surface area (Å²) >= 11 is 0. The van der Waals surface area contributed by atoms with E-state index in [0.717, 1.165) is 0 Å². The molecule has 0 heterocycles. The molecule has 4 nitrogen and oxygen atoms in total. The third-order valence-electron chi connectivity index (χ3n) is 1.68. The van der Waals surface area contributed by atoms with Crippen LogP contribution in [-0.2, 0) is 11.4 Å². The lowest BCUT2D eigenvalue weighted by Crippen LogP contribution is -1.99. The first-order chi connectivity index (χ1) is 5.66. The van der Waals surface area contributed by atoms with Crippen LogP contribution >= 0.6 is 0 Å². The van der Waals surface area contributed by atoms with Crippen molar-refractivity contribution in [2.45, 2.75) is 13.5 Å². The van der Waals surface area contributed by atoms with Crippen LogP contribution in [0.1, 0.15) is 11.1 Å². The molecule has 4 heteroatoms. The average molecular weight is 169 g/mol. The van der Waals surface area contributed by atoms with Crippen molar-refractivity contribution in [1.29, 1.82) is 0 Å². The van der Waals surface area contributed by atoms with Gasteiger partial charge in [0.15, 0.2) is 11.5 Å². The molecule has 0 atom stereocenters. The Morgan fingerprint density at radius 3 is 2.58 bits per heavy atom. The van der Waals surface area contributed by atoms with Gasteiger partial charge < -0.3 is 10.2 Å². The molecule has 0 aliphatic carbocycles. The Bertz CT molecular complexity index is 286. The van der Waals surface area contributed by atoms with Crippen LogP contribution in [-0.4, -0.2) is 10.2 Å². The molecule has 0 unspecified atom stereocenters. The number of phenols is 2. The summed E-state index contributed by atoms with van der Waals surface area (Å²) in [4.78, 5) is 4.33. The largest absolute Gasteiger partial charge is 0.504 e. The molecule has 1 aromatic carbocycles. The standard InChI is InChI=1S/C8H11NO3/c1-5-2-3-6(4-12-9)8(11)7(5)10/h2-3,10-11H,4,9H2,1H3. The van der Waals surface area contributed by atoms with Gasteiger partial charge in [-0.1, -0.05) is 12.1 Å². The fourth-order valence-corrected chi connectivity index (χ4v) is 0.929. The second-order valence-corrected chi connectivity index (χ2v) is 2.55. The summed E-state index contributed by atoms with van der Waals surface area (Å²) in [6.45, 7) is 1.78. The van der Waals surface area contributed by atoms with Gasteiger partial charge in [-0.05, 0) is 12.5 Å². The molecule has 0 aliphatic rings. The summed E-state index contributed by atoms with van der Waals surface area (Å²) in [6, 6.07) is 3.33. The zero-order chi connectivity index (χ0) is 9.14. The lowest BCUT2D eigenvalue weighted by atomic mass is 10.1. The van der Waals surface area contributed by atoms with E-state index >= 15 is 0 Å². The van der Waals surface area contributed by atoms with Crippen LogP contribution in [0.15, 0.2) is 12.1 Å². The topological polar surface area (TPSA) is 75.7 Å². The maximum Gasteiger partial charge on any atom is 0.163 e. The highest BCUT2D eigenvalue weighted by atomic mass is 16.6. The molecule has 0 aliphatic heterocycles. The highest BCUT2D eigenvalue weighted by Gasteiger charge is 2.07. The summed E-state index contributed by atoms with van der Waals surface area (Å²) in [5.41, 5.74) is 1.09. The smallest absolute Gasteiger partial charge is 0.163 e. The Morgan fingerprint density at radius 1 is 1.33 bits per heavy atom. The summed E-state index contributed by atoms with van der Waals surface area (Å²) in [5.74, 6) is 4.54. The van der Waals surface area contributed by atoms with Gasteiger partial charge in [0.1, 0.15) is 0 Å². The SMILES string of the molecule is Cc1ccc(CON)c(O)c1O. The van der Waals surface area contributed by atoms with E-state index in [1.54, 1.807) is 19.1 Å². The Kier molecular flexibility index (Phi) is 2.52. The maximum atomic E-state index is 9.32. The van der Waals surface area contributed by atoms with E-state index < -0.39 is 0 Å². The molecular weight excluding hydrogens is 158 g/mol. The number of hydrogen-bond acceptors (Lipinski definition) is 4. The fraction of sp³-hybridized carbons (Fsp3) is 0.250. The first kappa shape index (κ1) is 8.83. The molecule has 0 aromatic heterocycles. The van der Waals surface area contributed by atoms with Crippen molar-refractivity contribution < 1.29 is 15.1 Å². The van der Waals surface area contributed by atoms with E-state index in [-0.39, 0.29) is 18.1 Å². The van der Waals surface area contributed by atoms with Gasteiger partial charge in [0.2, 0.25) is 0 Å². The van der Waals surface area contributed by atoms with Gasteiger partial charge >= 0.3 is 0 Å². The van der Waals surface area contributed by atoms with Crippen LogP contribution in [0, 0.1) is 6.92 Å². The van der Waals surface area contributed by atoms with Crippen molar-refractivity contribution in [1.82, 2.24) is 0 Å². The van der Waals surface area contributed by atoms with Crippen molar-refractivity contribution in [2.75, 3.05) is 0 Å². The van der Waals surface area contributed by atoms with Crippen molar-refractivity contribution in [3.05, 3.63) is 23.3 Å². The second kappa shape index (κ2) is 3.42. The lowest BCUT2D eigenvalue weighted by Gasteiger charge is -2.06. The molecule has 0 amide bonds. The van der Waals surface area contributed by atoms with Crippen LogP contribution in [0.4, 0.5) is 0 Å². The first-order valence-electron chi connectivity index (χ1n) is 3.49. The second-order valence-electron chi connectivity index (χ2n) is 2.55. The minimum absolute atomic E-state index is 0.0830. The van der Waals surface area contributed by atoms with Crippen LogP contribution in [0.2, 0.25) is 0 Å². The molecule has 66 valence electrons. The van der Waals surface area contributed by atoms with Gasteiger partial charge in [0, 0.05) is 5.56 Å². The Labute approximate surface area is 70.2 Å².